The van der Waals surface area contributed by atoms with Gasteiger partial charge in [-0.2, -0.15) is 13.2 Å². The van der Waals surface area contributed by atoms with E-state index in [1.807, 2.05) is 18.2 Å². The third-order valence-electron chi connectivity index (χ3n) is 7.32. The van der Waals surface area contributed by atoms with Crippen molar-refractivity contribution in [1.29, 1.82) is 0 Å². The highest BCUT2D eigenvalue weighted by atomic mass is 19.4. The van der Waals surface area contributed by atoms with E-state index >= 15 is 0 Å². The van der Waals surface area contributed by atoms with Gasteiger partial charge in [-0.25, -0.2) is 0 Å². The highest BCUT2D eigenvalue weighted by Crippen LogP contribution is 2.54. The molecule has 5 rings (SSSR count). The monoisotopic (exact) mass is 415 g/mol. The van der Waals surface area contributed by atoms with Gasteiger partial charge in [0.1, 0.15) is 0 Å². The van der Waals surface area contributed by atoms with E-state index in [2.05, 4.69) is 34.3 Å². The average Bonchev–Trinajstić information content (AvgIpc) is 3.19. The van der Waals surface area contributed by atoms with Crippen LogP contribution in [0.15, 0.2) is 48.5 Å². The highest BCUT2D eigenvalue weighted by Gasteiger charge is 2.46. The third-order valence-corrected chi connectivity index (χ3v) is 7.32. The summed E-state index contributed by atoms with van der Waals surface area (Å²) in [5, 5.41) is 3.60. The van der Waals surface area contributed by atoms with Crippen LogP contribution in [0.1, 0.15) is 41.5 Å². The molecule has 3 nitrogen and oxygen atoms in total. The van der Waals surface area contributed by atoms with Gasteiger partial charge in [0.2, 0.25) is 0 Å². The van der Waals surface area contributed by atoms with Crippen molar-refractivity contribution >= 4 is 5.69 Å². The zero-order chi connectivity index (χ0) is 20.9. The zero-order valence-corrected chi connectivity index (χ0v) is 17.2. The van der Waals surface area contributed by atoms with Crippen LogP contribution >= 0.6 is 0 Å². The van der Waals surface area contributed by atoms with Crippen LogP contribution in [0.25, 0.3) is 0 Å². The quantitative estimate of drug-likeness (QED) is 0.746. The lowest BCUT2D eigenvalue weighted by atomic mass is 9.77. The molecule has 1 unspecified atom stereocenters. The Morgan fingerprint density at radius 1 is 0.933 bits per heavy atom. The van der Waals surface area contributed by atoms with Crippen LogP contribution < -0.4 is 5.32 Å². The second-order valence-electron chi connectivity index (χ2n) is 9.07. The molecule has 4 atom stereocenters. The molecular weight excluding hydrogens is 387 g/mol. The van der Waals surface area contributed by atoms with Crippen LogP contribution in [0, 0.1) is 5.92 Å². The molecule has 0 bridgehead atoms. The number of anilines is 1. The van der Waals surface area contributed by atoms with Crippen LogP contribution in [0.2, 0.25) is 0 Å². The first-order valence-corrected chi connectivity index (χ1v) is 10.9. The smallest absolute Gasteiger partial charge is 0.378 e. The highest BCUT2D eigenvalue weighted by molar-refractivity contribution is 5.59. The summed E-state index contributed by atoms with van der Waals surface area (Å²) in [7, 11) is 2.15. The van der Waals surface area contributed by atoms with Crippen molar-refractivity contribution in [3.63, 3.8) is 0 Å². The minimum Gasteiger partial charge on any atom is -0.378 e. The molecule has 0 amide bonds. The fraction of sp³-hybridized carbons (Fsp3) is 0.500. The number of alkyl halides is 3. The molecule has 2 fully saturated rings. The Morgan fingerprint density at radius 3 is 2.37 bits per heavy atom. The van der Waals surface area contributed by atoms with E-state index in [0.29, 0.717) is 12.0 Å². The largest absolute Gasteiger partial charge is 0.416 e. The maximum absolute atomic E-state index is 13.4. The van der Waals surface area contributed by atoms with Gasteiger partial charge >= 0.3 is 6.18 Å². The van der Waals surface area contributed by atoms with E-state index in [9.17, 15) is 13.2 Å². The number of rotatable bonds is 2. The second kappa shape index (κ2) is 7.57. The summed E-state index contributed by atoms with van der Waals surface area (Å²) in [5.41, 5.74) is 2.39. The maximum atomic E-state index is 13.4. The van der Waals surface area contributed by atoms with E-state index in [1.54, 1.807) is 6.07 Å². The van der Waals surface area contributed by atoms with E-state index in [0.717, 1.165) is 50.3 Å². The number of nitrogens with zero attached hydrogens (tertiary/aromatic N) is 2. The fourth-order valence-corrected chi connectivity index (χ4v) is 5.70. The molecule has 6 heteroatoms. The van der Waals surface area contributed by atoms with Gasteiger partial charge in [0.15, 0.2) is 0 Å². The van der Waals surface area contributed by atoms with Crippen molar-refractivity contribution in [3.8, 4) is 0 Å². The molecule has 0 spiro atoms. The first-order chi connectivity index (χ1) is 14.4. The number of benzene rings is 2. The minimum absolute atomic E-state index is 0.137. The van der Waals surface area contributed by atoms with Gasteiger partial charge in [-0.1, -0.05) is 30.3 Å². The van der Waals surface area contributed by atoms with Crippen molar-refractivity contribution in [2.24, 2.45) is 5.92 Å². The summed E-state index contributed by atoms with van der Waals surface area (Å²) in [6.45, 7) is 4.20. The molecule has 2 aromatic carbocycles. The van der Waals surface area contributed by atoms with Crippen molar-refractivity contribution in [2.45, 2.75) is 37.0 Å². The van der Waals surface area contributed by atoms with Gasteiger partial charge in [0, 0.05) is 37.9 Å². The van der Waals surface area contributed by atoms with Gasteiger partial charge in [-0.3, -0.25) is 4.90 Å². The van der Waals surface area contributed by atoms with Crippen LogP contribution in [0.3, 0.4) is 0 Å². The topological polar surface area (TPSA) is 18.5 Å². The molecule has 0 aromatic heterocycles. The van der Waals surface area contributed by atoms with Crippen LogP contribution in [-0.2, 0) is 6.18 Å². The minimum atomic E-state index is -4.31. The molecule has 2 heterocycles. The zero-order valence-electron chi connectivity index (χ0n) is 17.2. The van der Waals surface area contributed by atoms with Crippen molar-refractivity contribution < 1.29 is 13.2 Å². The van der Waals surface area contributed by atoms with Crippen molar-refractivity contribution in [1.82, 2.24) is 9.80 Å². The predicted molar refractivity (Wildman–Crippen MR) is 113 cm³/mol. The Hall–Kier alpha value is -2.05. The standard InChI is InChI=1S/C24H28F3N3/c1-29-9-11-30(12-10-29)18-14-19-20-13-17(24(25,26)27)7-8-22(20)28-23(21(19)15-18)16-5-3-2-4-6-16/h2-8,13,18-19,21,23,28H,9-12,14-15H2,1H3/t18-,19?,21+,23-/m0/s1. The normalized spacial score (nSPS) is 29.9. The lowest BCUT2D eigenvalue weighted by molar-refractivity contribution is -0.137. The first-order valence-electron chi connectivity index (χ1n) is 10.9. The Labute approximate surface area is 175 Å². The molecule has 1 saturated heterocycles. The van der Waals surface area contributed by atoms with Crippen LogP contribution in [0.5, 0.6) is 0 Å². The molecule has 1 aliphatic carbocycles. The molecule has 3 aliphatic rings. The average molecular weight is 416 g/mol. The van der Waals surface area contributed by atoms with E-state index in [4.69, 9.17) is 0 Å². The van der Waals surface area contributed by atoms with Crippen LogP contribution in [0.4, 0.5) is 18.9 Å². The van der Waals surface area contributed by atoms with Gasteiger partial charge in [-0.15, -0.1) is 0 Å². The summed E-state index contributed by atoms with van der Waals surface area (Å²) in [6.07, 6.45) is -2.35. The molecule has 0 radical (unpaired) electrons. The van der Waals surface area contributed by atoms with Gasteiger partial charge in [0.05, 0.1) is 11.6 Å². The van der Waals surface area contributed by atoms with Crippen molar-refractivity contribution in [3.05, 3.63) is 65.2 Å². The third kappa shape index (κ3) is 3.60. The number of hydrogen-bond acceptors (Lipinski definition) is 3. The number of hydrogen-bond donors (Lipinski definition) is 1. The first kappa shape index (κ1) is 19.9. The Morgan fingerprint density at radius 2 is 1.67 bits per heavy atom. The molecule has 160 valence electrons. The van der Waals surface area contributed by atoms with Crippen LogP contribution in [-0.4, -0.2) is 49.1 Å². The Kier molecular flexibility index (Phi) is 5.02. The Balaban J connectivity index is 1.50. The molecular formula is C24H28F3N3. The summed E-state index contributed by atoms with van der Waals surface area (Å²) < 4.78 is 40.2. The summed E-state index contributed by atoms with van der Waals surface area (Å²) in [5.74, 6) is 0.450. The predicted octanol–water partition coefficient (Wildman–Crippen LogP) is 4.98. The lowest BCUT2D eigenvalue weighted by Crippen LogP contribution is -2.48. The number of likely N-dealkylation sites (N-methyl/N-ethyl adjacent to an activating group) is 1. The van der Waals surface area contributed by atoms with E-state index in [-0.39, 0.29) is 12.0 Å². The van der Waals surface area contributed by atoms with Crippen molar-refractivity contribution in [2.75, 3.05) is 38.5 Å². The van der Waals surface area contributed by atoms with Gasteiger partial charge < -0.3 is 10.2 Å². The van der Waals surface area contributed by atoms with E-state index < -0.39 is 11.7 Å². The number of halogens is 3. The molecule has 30 heavy (non-hydrogen) atoms. The maximum Gasteiger partial charge on any atom is 0.416 e. The number of fused-ring (bicyclic) bond motifs is 3. The molecule has 1 N–H and O–H groups in total. The lowest BCUT2D eigenvalue weighted by Gasteiger charge is -2.38. The number of nitrogens with one attached hydrogen (secondary N) is 1. The second-order valence-corrected chi connectivity index (χ2v) is 9.07. The molecule has 1 saturated carbocycles. The summed E-state index contributed by atoms with van der Waals surface area (Å²) in [4.78, 5) is 4.91. The SMILES string of the molecule is CN1CCN([C@H]2CC3c4cc(C(F)(F)F)ccc4N[C@@H](c4ccccc4)[C@@H]3C2)CC1. The summed E-state index contributed by atoms with van der Waals surface area (Å²) in [6, 6.07) is 15.2. The fourth-order valence-electron chi connectivity index (χ4n) is 5.70. The number of piperazine rings is 1. The Bertz CT molecular complexity index is 890. The molecule has 2 aliphatic heterocycles. The van der Waals surface area contributed by atoms with E-state index in [1.165, 1.54) is 17.7 Å². The van der Waals surface area contributed by atoms with Gasteiger partial charge in [-0.05, 0) is 61.1 Å². The van der Waals surface area contributed by atoms with Gasteiger partial charge in [0.25, 0.3) is 0 Å². The summed E-state index contributed by atoms with van der Waals surface area (Å²) >= 11 is 0. The molecule has 2 aromatic rings.